The van der Waals surface area contributed by atoms with Crippen LogP contribution in [0.4, 0.5) is 0 Å². The highest BCUT2D eigenvalue weighted by atomic mass is 16.5. The number of hydrogen-bond donors (Lipinski definition) is 1. The summed E-state index contributed by atoms with van der Waals surface area (Å²) >= 11 is 0. The van der Waals surface area contributed by atoms with Gasteiger partial charge in [-0.2, -0.15) is 0 Å². The standard InChI is InChI=1S/C13H21NO4/c15-10(8-14-12(16)6-7-13(14)17)9-18-11-4-2-1-3-5-11/h10-11,15H,1-9H2. The molecule has 1 atom stereocenters. The van der Waals surface area contributed by atoms with Crippen LogP contribution in [0.3, 0.4) is 0 Å². The Hall–Kier alpha value is -0.940. The maximum absolute atomic E-state index is 11.4. The van der Waals surface area contributed by atoms with Crippen molar-refractivity contribution in [3.05, 3.63) is 0 Å². The van der Waals surface area contributed by atoms with E-state index in [2.05, 4.69) is 0 Å². The summed E-state index contributed by atoms with van der Waals surface area (Å²) in [6, 6.07) is 0. The molecule has 5 nitrogen and oxygen atoms in total. The highest BCUT2D eigenvalue weighted by Crippen LogP contribution is 2.20. The number of carbonyl (C=O) groups is 2. The van der Waals surface area contributed by atoms with E-state index >= 15 is 0 Å². The number of aliphatic hydroxyl groups excluding tert-OH is 1. The minimum Gasteiger partial charge on any atom is -0.389 e. The summed E-state index contributed by atoms with van der Waals surface area (Å²) in [6.07, 6.45) is 5.75. The Kier molecular flexibility index (Phi) is 4.72. The van der Waals surface area contributed by atoms with Crippen molar-refractivity contribution in [2.24, 2.45) is 0 Å². The van der Waals surface area contributed by atoms with Crippen molar-refractivity contribution in [1.29, 1.82) is 0 Å². The maximum atomic E-state index is 11.4. The molecule has 5 heteroatoms. The van der Waals surface area contributed by atoms with Crippen molar-refractivity contribution in [3.8, 4) is 0 Å². The molecule has 1 saturated carbocycles. The summed E-state index contributed by atoms with van der Waals surface area (Å²) in [5.41, 5.74) is 0. The molecule has 2 aliphatic rings. The number of ether oxygens (including phenoxy) is 1. The Labute approximate surface area is 107 Å². The predicted octanol–water partition coefficient (Wildman–Crippen LogP) is 0.846. The van der Waals surface area contributed by atoms with Crippen LogP contribution in [0.15, 0.2) is 0 Å². The molecule has 18 heavy (non-hydrogen) atoms. The topological polar surface area (TPSA) is 66.8 Å². The van der Waals surface area contributed by atoms with Gasteiger partial charge in [-0.15, -0.1) is 0 Å². The van der Waals surface area contributed by atoms with Crippen LogP contribution in [0.1, 0.15) is 44.9 Å². The van der Waals surface area contributed by atoms with Gasteiger partial charge in [0.25, 0.3) is 0 Å². The largest absolute Gasteiger partial charge is 0.389 e. The molecule has 1 heterocycles. The molecule has 0 aromatic heterocycles. The third-order valence-electron chi connectivity index (χ3n) is 3.62. The van der Waals surface area contributed by atoms with Gasteiger partial charge in [0, 0.05) is 12.8 Å². The van der Waals surface area contributed by atoms with Crippen molar-refractivity contribution < 1.29 is 19.4 Å². The minimum atomic E-state index is -0.766. The van der Waals surface area contributed by atoms with E-state index in [1.54, 1.807) is 0 Å². The zero-order valence-electron chi connectivity index (χ0n) is 10.6. The van der Waals surface area contributed by atoms with Gasteiger partial charge < -0.3 is 9.84 Å². The van der Waals surface area contributed by atoms with Crippen LogP contribution in [0, 0.1) is 0 Å². The van der Waals surface area contributed by atoms with Crippen molar-refractivity contribution >= 4 is 11.8 Å². The first-order chi connectivity index (χ1) is 8.66. The number of aliphatic hydroxyl groups is 1. The third kappa shape index (κ3) is 3.53. The van der Waals surface area contributed by atoms with Gasteiger partial charge in [0.2, 0.25) is 11.8 Å². The molecule has 0 spiro atoms. The Morgan fingerprint density at radius 2 is 1.78 bits per heavy atom. The predicted molar refractivity (Wildman–Crippen MR) is 64.8 cm³/mol. The van der Waals surface area contributed by atoms with E-state index in [0.29, 0.717) is 0 Å². The first kappa shape index (κ1) is 13.5. The van der Waals surface area contributed by atoms with Crippen molar-refractivity contribution in [2.45, 2.75) is 57.2 Å². The lowest BCUT2D eigenvalue weighted by molar-refractivity contribution is -0.141. The van der Waals surface area contributed by atoms with Gasteiger partial charge >= 0.3 is 0 Å². The average molecular weight is 255 g/mol. The highest BCUT2D eigenvalue weighted by molar-refractivity contribution is 6.01. The number of hydrogen-bond acceptors (Lipinski definition) is 4. The number of carbonyl (C=O) groups excluding carboxylic acids is 2. The van der Waals surface area contributed by atoms with Crippen LogP contribution < -0.4 is 0 Å². The molecule has 1 unspecified atom stereocenters. The zero-order chi connectivity index (χ0) is 13.0. The first-order valence-electron chi connectivity index (χ1n) is 6.79. The molecular formula is C13H21NO4. The summed E-state index contributed by atoms with van der Waals surface area (Å²) < 4.78 is 5.63. The second-order valence-electron chi connectivity index (χ2n) is 5.15. The Bertz CT molecular complexity index is 296. The SMILES string of the molecule is O=C1CCC(=O)N1CC(O)COC1CCCCC1. The van der Waals surface area contributed by atoms with Gasteiger partial charge in [-0.25, -0.2) is 0 Å². The van der Waals surface area contributed by atoms with Crippen LogP contribution in [0.2, 0.25) is 0 Å². The second-order valence-corrected chi connectivity index (χ2v) is 5.15. The summed E-state index contributed by atoms with van der Waals surface area (Å²) in [6.45, 7) is 0.284. The van der Waals surface area contributed by atoms with E-state index in [1.807, 2.05) is 0 Å². The fourth-order valence-corrected chi connectivity index (χ4v) is 2.57. The molecular weight excluding hydrogens is 234 g/mol. The fraction of sp³-hybridized carbons (Fsp3) is 0.846. The van der Waals surface area contributed by atoms with E-state index < -0.39 is 6.10 Å². The van der Waals surface area contributed by atoms with Crippen LogP contribution in [-0.2, 0) is 14.3 Å². The van der Waals surface area contributed by atoms with Crippen molar-refractivity contribution in [2.75, 3.05) is 13.2 Å². The number of imide groups is 1. The minimum absolute atomic E-state index is 0.0738. The van der Waals surface area contributed by atoms with E-state index in [9.17, 15) is 14.7 Å². The van der Waals surface area contributed by atoms with E-state index in [-0.39, 0.29) is 43.9 Å². The molecule has 2 rings (SSSR count). The quantitative estimate of drug-likeness (QED) is 0.739. The fourth-order valence-electron chi connectivity index (χ4n) is 2.57. The number of β-amino-alcohol motifs (C(OH)–C–C–N with tert-alkyl or cyclic N) is 1. The molecule has 2 amide bonds. The van der Waals surface area contributed by atoms with Crippen LogP contribution in [0.25, 0.3) is 0 Å². The summed E-state index contributed by atoms with van der Waals surface area (Å²) in [5, 5.41) is 9.80. The Balaban J connectivity index is 1.69. The third-order valence-corrected chi connectivity index (χ3v) is 3.62. The zero-order valence-corrected chi connectivity index (χ0v) is 10.6. The van der Waals surface area contributed by atoms with Gasteiger partial charge in [-0.1, -0.05) is 19.3 Å². The van der Waals surface area contributed by atoms with E-state index in [1.165, 1.54) is 19.3 Å². The molecule has 0 aromatic rings. The maximum Gasteiger partial charge on any atom is 0.229 e. The number of rotatable bonds is 5. The monoisotopic (exact) mass is 255 g/mol. The summed E-state index contributed by atoms with van der Waals surface area (Å²) in [5.74, 6) is -0.367. The summed E-state index contributed by atoms with van der Waals surface area (Å²) in [7, 11) is 0. The molecule has 1 saturated heterocycles. The smallest absolute Gasteiger partial charge is 0.229 e. The van der Waals surface area contributed by atoms with Gasteiger partial charge in [-0.05, 0) is 12.8 Å². The Morgan fingerprint density at radius 3 is 2.39 bits per heavy atom. The van der Waals surface area contributed by atoms with Crippen LogP contribution in [-0.4, -0.2) is 47.2 Å². The molecule has 102 valence electrons. The molecule has 0 bridgehead atoms. The number of amides is 2. The molecule has 0 aromatic carbocycles. The van der Waals surface area contributed by atoms with Gasteiger partial charge in [0.05, 0.1) is 25.4 Å². The van der Waals surface area contributed by atoms with Crippen LogP contribution >= 0.6 is 0 Å². The highest BCUT2D eigenvalue weighted by Gasteiger charge is 2.30. The van der Waals surface area contributed by atoms with Gasteiger partial charge in [0.1, 0.15) is 0 Å². The molecule has 1 aliphatic carbocycles. The van der Waals surface area contributed by atoms with E-state index in [0.717, 1.165) is 17.7 Å². The normalized spacial score (nSPS) is 23.7. The second kappa shape index (κ2) is 6.29. The first-order valence-corrected chi connectivity index (χ1v) is 6.79. The van der Waals surface area contributed by atoms with Crippen molar-refractivity contribution in [3.63, 3.8) is 0 Å². The van der Waals surface area contributed by atoms with Gasteiger partial charge in [-0.3, -0.25) is 14.5 Å². The van der Waals surface area contributed by atoms with Crippen molar-refractivity contribution in [1.82, 2.24) is 4.90 Å². The average Bonchev–Trinajstić information content (AvgIpc) is 2.69. The molecule has 1 aliphatic heterocycles. The number of likely N-dealkylation sites (tertiary alicyclic amines) is 1. The Morgan fingerprint density at radius 1 is 1.17 bits per heavy atom. The van der Waals surface area contributed by atoms with E-state index in [4.69, 9.17) is 4.74 Å². The lowest BCUT2D eigenvalue weighted by atomic mass is 9.98. The molecule has 0 radical (unpaired) electrons. The van der Waals surface area contributed by atoms with Crippen LogP contribution in [0.5, 0.6) is 0 Å². The summed E-state index contributed by atoms with van der Waals surface area (Å²) in [4.78, 5) is 23.9. The molecule has 2 fully saturated rings. The lowest BCUT2D eigenvalue weighted by Crippen LogP contribution is -2.39. The number of nitrogens with zero attached hydrogens (tertiary/aromatic N) is 1. The van der Waals surface area contributed by atoms with Gasteiger partial charge in [0.15, 0.2) is 0 Å². The molecule has 1 N–H and O–H groups in total. The lowest BCUT2D eigenvalue weighted by Gasteiger charge is -2.24.